The van der Waals surface area contributed by atoms with Crippen molar-refractivity contribution < 1.29 is 4.79 Å². The van der Waals surface area contributed by atoms with Gasteiger partial charge < -0.3 is 11.1 Å². The van der Waals surface area contributed by atoms with Crippen LogP contribution in [0.4, 0.5) is 0 Å². The SMILES string of the molecule is CCC(C)C(C)NC(C)(C)C(N)=O. The van der Waals surface area contributed by atoms with Crippen LogP contribution >= 0.6 is 0 Å². The zero-order chi connectivity index (χ0) is 10.6. The highest BCUT2D eigenvalue weighted by molar-refractivity contribution is 5.83. The predicted octanol–water partition coefficient (Wildman–Crippen LogP) is 1.27. The Kier molecular flexibility index (Phi) is 4.40. The molecule has 0 aromatic heterocycles. The van der Waals surface area contributed by atoms with Gasteiger partial charge in [-0.3, -0.25) is 4.79 Å². The summed E-state index contributed by atoms with van der Waals surface area (Å²) < 4.78 is 0. The quantitative estimate of drug-likeness (QED) is 0.679. The summed E-state index contributed by atoms with van der Waals surface area (Å²) in [7, 11) is 0. The molecular weight excluding hydrogens is 164 g/mol. The summed E-state index contributed by atoms with van der Waals surface area (Å²) >= 11 is 0. The van der Waals surface area contributed by atoms with E-state index in [0.29, 0.717) is 12.0 Å². The Morgan fingerprint density at radius 2 is 1.92 bits per heavy atom. The third-order valence-corrected chi connectivity index (χ3v) is 2.70. The topological polar surface area (TPSA) is 55.1 Å². The molecule has 2 unspecified atom stereocenters. The Labute approximate surface area is 81.1 Å². The van der Waals surface area contributed by atoms with Crippen molar-refractivity contribution in [3.63, 3.8) is 0 Å². The maximum Gasteiger partial charge on any atom is 0.237 e. The van der Waals surface area contributed by atoms with Gasteiger partial charge in [-0.25, -0.2) is 0 Å². The molecule has 3 N–H and O–H groups in total. The summed E-state index contributed by atoms with van der Waals surface area (Å²) in [6.45, 7) is 10.0. The molecule has 1 amide bonds. The van der Waals surface area contributed by atoms with Crippen LogP contribution in [0.15, 0.2) is 0 Å². The van der Waals surface area contributed by atoms with Gasteiger partial charge in [0, 0.05) is 6.04 Å². The monoisotopic (exact) mass is 186 g/mol. The summed E-state index contributed by atoms with van der Waals surface area (Å²) in [6.07, 6.45) is 1.10. The van der Waals surface area contributed by atoms with Gasteiger partial charge in [-0.2, -0.15) is 0 Å². The molecular formula is C10H22N2O. The fourth-order valence-electron chi connectivity index (χ4n) is 1.14. The molecule has 0 radical (unpaired) electrons. The van der Waals surface area contributed by atoms with Crippen molar-refractivity contribution in [1.29, 1.82) is 0 Å². The van der Waals surface area contributed by atoms with Crippen LogP contribution in [-0.4, -0.2) is 17.5 Å². The average Bonchev–Trinajstić information content (AvgIpc) is 2.01. The Morgan fingerprint density at radius 1 is 1.46 bits per heavy atom. The normalized spacial score (nSPS) is 16.7. The minimum Gasteiger partial charge on any atom is -0.368 e. The maximum atomic E-state index is 11.0. The number of carbonyl (C=O) groups excluding carboxylic acids is 1. The molecule has 0 rings (SSSR count). The van der Waals surface area contributed by atoms with Crippen LogP contribution in [0.2, 0.25) is 0 Å². The fourth-order valence-corrected chi connectivity index (χ4v) is 1.14. The van der Waals surface area contributed by atoms with E-state index in [0.717, 1.165) is 6.42 Å². The highest BCUT2D eigenvalue weighted by Crippen LogP contribution is 2.11. The van der Waals surface area contributed by atoms with Crippen molar-refractivity contribution in [1.82, 2.24) is 5.32 Å². The summed E-state index contributed by atoms with van der Waals surface area (Å²) in [5.41, 5.74) is 4.65. The van der Waals surface area contributed by atoms with Crippen LogP contribution in [0.3, 0.4) is 0 Å². The number of hydrogen-bond donors (Lipinski definition) is 2. The zero-order valence-electron chi connectivity index (χ0n) is 9.35. The van der Waals surface area contributed by atoms with Crippen LogP contribution in [0, 0.1) is 5.92 Å². The first-order valence-corrected chi connectivity index (χ1v) is 4.88. The third-order valence-electron chi connectivity index (χ3n) is 2.70. The minimum atomic E-state index is -0.608. The van der Waals surface area contributed by atoms with E-state index in [9.17, 15) is 4.79 Å². The first-order chi connectivity index (χ1) is 5.81. The smallest absolute Gasteiger partial charge is 0.237 e. The first-order valence-electron chi connectivity index (χ1n) is 4.88. The van der Waals surface area contributed by atoms with Crippen LogP contribution in [0.25, 0.3) is 0 Å². The molecule has 0 spiro atoms. The van der Waals surface area contributed by atoms with Gasteiger partial charge in [-0.05, 0) is 26.7 Å². The molecule has 13 heavy (non-hydrogen) atoms. The van der Waals surface area contributed by atoms with E-state index >= 15 is 0 Å². The van der Waals surface area contributed by atoms with E-state index in [4.69, 9.17) is 5.73 Å². The van der Waals surface area contributed by atoms with E-state index in [2.05, 4.69) is 26.1 Å². The second-order valence-corrected chi connectivity index (χ2v) is 4.31. The van der Waals surface area contributed by atoms with E-state index < -0.39 is 5.54 Å². The second-order valence-electron chi connectivity index (χ2n) is 4.31. The molecule has 0 aliphatic carbocycles. The van der Waals surface area contributed by atoms with E-state index in [1.807, 2.05) is 13.8 Å². The van der Waals surface area contributed by atoms with Crippen molar-refractivity contribution in [2.75, 3.05) is 0 Å². The molecule has 0 bridgehead atoms. The average molecular weight is 186 g/mol. The van der Waals surface area contributed by atoms with E-state index in [-0.39, 0.29) is 5.91 Å². The number of amides is 1. The molecule has 0 aliphatic heterocycles. The lowest BCUT2D eigenvalue weighted by Gasteiger charge is -2.30. The summed E-state index contributed by atoms with van der Waals surface area (Å²) in [5.74, 6) is 0.251. The standard InChI is InChI=1S/C10H22N2O/c1-6-7(2)8(3)12-10(4,5)9(11)13/h7-8,12H,6H2,1-5H3,(H2,11,13). The van der Waals surface area contributed by atoms with Crippen molar-refractivity contribution >= 4 is 5.91 Å². The Balaban J connectivity index is 4.19. The number of nitrogens with one attached hydrogen (secondary N) is 1. The molecule has 0 aliphatic rings. The molecule has 0 aromatic carbocycles. The molecule has 0 saturated carbocycles. The Hall–Kier alpha value is -0.570. The number of primary amides is 1. The van der Waals surface area contributed by atoms with E-state index in [1.54, 1.807) is 0 Å². The molecule has 0 aromatic rings. The Bertz CT molecular complexity index is 178. The molecule has 3 heteroatoms. The molecule has 0 heterocycles. The molecule has 78 valence electrons. The molecule has 2 atom stereocenters. The highest BCUT2D eigenvalue weighted by atomic mass is 16.1. The van der Waals surface area contributed by atoms with Gasteiger partial charge in [0.25, 0.3) is 0 Å². The van der Waals surface area contributed by atoms with Crippen molar-refractivity contribution in [3.05, 3.63) is 0 Å². The van der Waals surface area contributed by atoms with Gasteiger partial charge in [0.2, 0.25) is 5.91 Å². The molecule has 3 nitrogen and oxygen atoms in total. The number of nitrogens with two attached hydrogens (primary N) is 1. The predicted molar refractivity (Wildman–Crippen MR) is 55.3 cm³/mol. The van der Waals surface area contributed by atoms with Crippen LogP contribution in [0.1, 0.15) is 41.0 Å². The zero-order valence-corrected chi connectivity index (χ0v) is 9.35. The van der Waals surface area contributed by atoms with Gasteiger partial charge in [-0.15, -0.1) is 0 Å². The largest absolute Gasteiger partial charge is 0.368 e. The highest BCUT2D eigenvalue weighted by Gasteiger charge is 2.27. The van der Waals surface area contributed by atoms with Crippen molar-refractivity contribution in [3.8, 4) is 0 Å². The maximum absolute atomic E-state index is 11.0. The lowest BCUT2D eigenvalue weighted by atomic mass is 9.96. The van der Waals surface area contributed by atoms with Gasteiger partial charge in [0.05, 0.1) is 5.54 Å². The summed E-state index contributed by atoms with van der Waals surface area (Å²) in [4.78, 5) is 11.0. The van der Waals surface area contributed by atoms with Gasteiger partial charge >= 0.3 is 0 Å². The molecule has 0 saturated heterocycles. The lowest BCUT2D eigenvalue weighted by molar-refractivity contribution is -0.123. The number of hydrogen-bond acceptors (Lipinski definition) is 2. The molecule has 0 fully saturated rings. The first kappa shape index (κ1) is 12.4. The fraction of sp³-hybridized carbons (Fsp3) is 0.900. The lowest BCUT2D eigenvalue weighted by Crippen LogP contribution is -2.55. The number of carbonyl (C=O) groups is 1. The summed E-state index contributed by atoms with van der Waals surface area (Å²) in [6, 6.07) is 0.312. The van der Waals surface area contributed by atoms with Crippen molar-refractivity contribution in [2.45, 2.75) is 52.6 Å². The number of rotatable bonds is 5. The van der Waals surface area contributed by atoms with Crippen LogP contribution in [0.5, 0.6) is 0 Å². The summed E-state index contributed by atoms with van der Waals surface area (Å²) in [5, 5.41) is 3.23. The van der Waals surface area contributed by atoms with E-state index in [1.165, 1.54) is 0 Å². The van der Waals surface area contributed by atoms with Gasteiger partial charge in [-0.1, -0.05) is 20.3 Å². The van der Waals surface area contributed by atoms with Gasteiger partial charge in [0.15, 0.2) is 0 Å². The van der Waals surface area contributed by atoms with Crippen LogP contribution in [-0.2, 0) is 4.79 Å². The Morgan fingerprint density at radius 3 is 2.23 bits per heavy atom. The minimum absolute atomic E-state index is 0.303. The third kappa shape index (κ3) is 3.77. The van der Waals surface area contributed by atoms with Crippen molar-refractivity contribution in [2.24, 2.45) is 11.7 Å². The van der Waals surface area contributed by atoms with Gasteiger partial charge in [0.1, 0.15) is 0 Å². The second kappa shape index (κ2) is 4.61. The van der Waals surface area contributed by atoms with Crippen LogP contribution < -0.4 is 11.1 Å².